The summed E-state index contributed by atoms with van der Waals surface area (Å²) in [4.78, 5) is 27.0. The molecule has 0 spiro atoms. The number of rotatable bonds is 7. The van der Waals surface area contributed by atoms with Gasteiger partial charge in [0.05, 0.1) is 6.34 Å². The van der Waals surface area contributed by atoms with Crippen LogP contribution in [0, 0.1) is 0 Å². The van der Waals surface area contributed by atoms with Gasteiger partial charge in [0.2, 0.25) is 5.91 Å². The second-order valence-corrected chi connectivity index (χ2v) is 6.84. The Labute approximate surface area is 156 Å². The zero-order valence-corrected chi connectivity index (χ0v) is 14.9. The molecule has 150 valence electrons. The average molecular weight is 383 g/mol. The fourth-order valence-corrected chi connectivity index (χ4v) is 3.40. The van der Waals surface area contributed by atoms with E-state index in [2.05, 4.69) is 15.0 Å². The summed E-state index contributed by atoms with van der Waals surface area (Å²) in [6.07, 6.45) is -0.504. The van der Waals surface area contributed by atoms with Crippen molar-refractivity contribution in [3.63, 3.8) is 0 Å². The topological polar surface area (TPSA) is 169 Å². The van der Waals surface area contributed by atoms with Gasteiger partial charge in [-0.3, -0.25) is 15.0 Å². The largest absolute Gasteiger partial charge is 0.387 e. The van der Waals surface area contributed by atoms with E-state index >= 15 is 0 Å². The quantitative estimate of drug-likeness (QED) is 0.230. The number of hydrogen-bond donors (Lipinski definition) is 5. The predicted molar refractivity (Wildman–Crippen MR) is 95.4 cm³/mol. The number of hydroxylamine groups is 1. The number of nitrogens with zero attached hydrogens (tertiary/aromatic N) is 5. The number of carbonyl (C=O) groups excluding carboxylic acids is 1. The summed E-state index contributed by atoms with van der Waals surface area (Å²) in [5.41, 5.74) is 7.41. The number of hydrogen-bond acceptors (Lipinski definition) is 11. The van der Waals surface area contributed by atoms with E-state index in [0.717, 1.165) is 0 Å². The number of nitrogens with one attached hydrogen (secondary N) is 1. The lowest BCUT2D eigenvalue weighted by atomic mass is 10.1. The molecule has 27 heavy (non-hydrogen) atoms. The Morgan fingerprint density at radius 3 is 2.93 bits per heavy atom. The number of ether oxygens (including phenoxy) is 1. The summed E-state index contributed by atoms with van der Waals surface area (Å²) in [5, 5.41) is 29.3. The molecule has 0 aromatic carbocycles. The molecule has 5 unspecified atom stereocenters. The molecule has 6 atom stereocenters. The molecular formula is C15H25N7O5. The SMILES string of the molecule is CN(CCCC(=O)NO)CC1OC(N2C=NC3C(N)=NC=NC32)C(O)[C@@H]1O. The Kier molecular flexibility index (Phi) is 6.01. The van der Waals surface area contributed by atoms with Crippen LogP contribution in [0.1, 0.15) is 12.8 Å². The van der Waals surface area contributed by atoms with Crippen molar-refractivity contribution in [2.24, 2.45) is 20.7 Å². The van der Waals surface area contributed by atoms with E-state index in [-0.39, 0.29) is 6.42 Å². The first-order chi connectivity index (χ1) is 12.9. The molecule has 0 aromatic heterocycles. The minimum Gasteiger partial charge on any atom is -0.387 e. The van der Waals surface area contributed by atoms with Gasteiger partial charge >= 0.3 is 0 Å². The van der Waals surface area contributed by atoms with E-state index < -0.39 is 42.7 Å². The third kappa shape index (κ3) is 4.09. The minimum absolute atomic E-state index is 0.189. The average Bonchev–Trinajstić information content (AvgIpc) is 3.19. The molecular weight excluding hydrogens is 358 g/mol. The Bertz CT molecular complexity index is 642. The number of amides is 1. The number of aliphatic imine (C=N–C) groups is 3. The molecule has 12 nitrogen and oxygen atoms in total. The number of aliphatic hydroxyl groups excluding tert-OH is 2. The maximum atomic E-state index is 11.0. The second kappa shape index (κ2) is 8.27. The molecule has 1 saturated heterocycles. The Morgan fingerprint density at radius 1 is 1.41 bits per heavy atom. The maximum Gasteiger partial charge on any atom is 0.243 e. The highest BCUT2D eigenvalue weighted by atomic mass is 16.6. The van der Waals surface area contributed by atoms with Crippen molar-refractivity contribution in [1.82, 2.24) is 15.3 Å². The number of likely N-dealkylation sites (N-methyl/N-ethyl adjacent to an activating group) is 1. The number of carbonyl (C=O) groups is 1. The van der Waals surface area contributed by atoms with E-state index in [1.807, 2.05) is 11.9 Å². The summed E-state index contributed by atoms with van der Waals surface area (Å²) in [6, 6.07) is -0.428. The highest BCUT2D eigenvalue weighted by molar-refractivity contribution is 5.96. The van der Waals surface area contributed by atoms with Gasteiger partial charge < -0.3 is 30.5 Å². The van der Waals surface area contributed by atoms with Gasteiger partial charge in [0.25, 0.3) is 0 Å². The van der Waals surface area contributed by atoms with Crippen LogP contribution in [-0.4, -0.2) is 107 Å². The summed E-state index contributed by atoms with van der Waals surface area (Å²) in [6.45, 7) is 0.926. The van der Waals surface area contributed by atoms with Crippen LogP contribution >= 0.6 is 0 Å². The molecule has 3 aliphatic heterocycles. The molecule has 3 rings (SSSR count). The van der Waals surface area contributed by atoms with Crippen molar-refractivity contribution in [2.75, 3.05) is 20.1 Å². The zero-order chi connectivity index (χ0) is 19.6. The summed E-state index contributed by atoms with van der Waals surface area (Å²) >= 11 is 0. The number of aliphatic hydroxyl groups is 2. The van der Waals surface area contributed by atoms with E-state index in [1.165, 1.54) is 12.7 Å². The molecule has 12 heteroatoms. The number of amidine groups is 1. The standard InChI is InChI=1S/C15H25N7O5/c1-21(4-2-3-9(23)20-26)5-8-11(24)12(25)15(27-8)22-7-19-10-13(16)17-6-18-14(10)22/h6-8,10-12,14-15,24-26H,2-5H2,1H3,(H,20,23)(H2,16,17,18)/t8?,10?,11-,12?,14?,15?/m1/s1. The molecule has 0 bridgehead atoms. The minimum atomic E-state index is -1.14. The Balaban J connectivity index is 1.55. The third-order valence-corrected chi connectivity index (χ3v) is 4.87. The summed E-state index contributed by atoms with van der Waals surface area (Å²) in [7, 11) is 1.82. The van der Waals surface area contributed by atoms with Gasteiger partial charge in [-0.2, -0.15) is 0 Å². The maximum absolute atomic E-state index is 11.0. The third-order valence-electron chi connectivity index (χ3n) is 4.87. The van der Waals surface area contributed by atoms with E-state index in [1.54, 1.807) is 10.4 Å². The first kappa shape index (κ1) is 19.6. The van der Waals surface area contributed by atoms with Crippen LogP contribution in [0.15, 0.2) is 15.0 Å². The van der Waals surface area contributed by atoms with Gasteiger partial charge in [0.15, 0.2) is 12.4 Å². The molecule has 6 N–H and O–H groups in total. The Hall–Kier alpha value is -2.12. The fraction of sp³-hybridized carbons (Fsp3) is 0.733. The number of nitrogens with two attached hydrogens (primary N) is 1. The zero-order valence-electron chi connectivity index (χ0n) is 14.9. The summed E-state index contributed by atoms with van der Waals surface area (Å²) in [5.74, 6) is -0.111. The predicted octanol–water partition coefficient (Wildman–Crippen LogP) is -2.91. The van der Waals surface area contributed by atoms with Gasteiger partial charge in [-0.15, -0.1) is 0 Å². The van der Waals surface area contributed by atoms with Crippen molar-refractivity contribution in [3.8, 4) is 0 Å². The van der Waals surface area contributed by atoms with Crippen LogP contribution in [0.4, 0.5) is 0 Å². The lowest BCUT2D eigenvalue weighted by molar-refractivity contribution is -0.129. The molecule has 3 aliphatic rings. The van der Waals surface area contributed by atoms with E-state index in [9.17, 15) is 15.0 Å². The molecule has 0 aliphatic carbocycles. The van der Waals surface area contributed by atoms with Crippen molar-refractivity contribution in [1.29, 1.82) is 0 Å². The van der Waals surface area contributed by atoms with Gasteiger partial charge in [0, 0.05) is 13.0 Å². The van der Waals surface area contributed by atoms with Gasteiger partial charge in [-0.25, -0.2) is 15.5 Å². The van der Waals surface area contributed by atoms with E-state index in [0.29, 0.717) is 25.3 Å². The monoisotopic (exact) mass is 383 g/mol. The number of fused-ring (bicyclic) bond motifs is 1. The van der Waals surface area contributed by atoms with E-state index in [4.69, 9.17) is 15.7 Å². The normalized spacial score (nSPS) is 34.9. The second-order valence-electron chi connectivity index (χ2n) is 6.84. The van der Waals surface area contributed by atoms with Crippen molar-refractivity contribution < 1.29 is 25.0 Å². The molecule has 0 saturated carbocycles. The van der Waals surface area contributed by atoms with Gasteiger partial charge in [0.1, 0.15) is 36.5 Å². The van der Waals surface area contributed by atoms with Crippen LogP contribution < -0.4 is 11.2 Å². The molecule has 0 aromatic rings. The molecule has 3 heterocycles. The first-order valence-corrected chi connectivity index (χ1v) is 8.71. The van der Waals surface area contributed by atoms with Crippen LogP contribution in [0.5, 0.6) is 0 Å². The molecule has 0 radical (unpaired) electrons. The van der Waals surface area contributed by atoms with Crippen LogP contribution in [-0.2, 0) is 9.53 Å². The lowest BCUT2D eigenvalue weighted by Gasteiger charge is -2.31. The van der Waals surface area contributed by atoms with Gasteiger partial charge in [-0.1, -0.05) is 0 Å². The molecule has 1 amide bonds. The lowest BCUT2D eigenvalue weighted by Crippen LogP contribution is -2.51. The van der Waals surface area contributed by atoms with Crippen molar-refractivity contribution in [2.45, 2.75) is 49.6 Å². The van der Waals surface area contributed by atoms with Crippen molar-refractivity contribution >= 4 is 24.4 Å². The van der Waals surface area contributed by atoms with Gasteiger partial charge in [-0.05, 0) is 20.0 Å². The fourth-order valence-electron chi connectivity index (χ4n) is 3.40. The van der Waals surface area contributed by atoms with Crippen molar-refractivity contribution in [3.05, 3.63) is 0 Å². The summed E-state index contributed by atoms with van der Waals surface area (Å²) < 4.78 is 5.89. The van der Waals surface area contributed by atoms with Crippen LogP contribution in [0.25, 0.3) is 0 Å². The van der Waals surface area contributed by atoms with Crippen LogP contribution in [0.3, 0.4) is 0 Å². The first-order valence-electron chi connectivity index (χ1n) is 8.71. The highest BCUT2D eigenvalue weighted by Crippen LogP contribution is 2.29. The highest BCUT2D eigenvalue weighted by Gasteiger charge is 2.49. The molecule has 1 fully saturated rings. The smallest absolute Gasteiger partial charge is 0.243 e. The van der Waals surface area contributed by atoms with Crippen LogP contribution in [0.2, 0.25) is 0 Å². The Morgan fingerprint density at radius 2 is 2.19 bits per heavy atom.